The number of aryl methyl sites for hydroxylation is 1. The Kier molecular flexibility index (Phi) is 7.05. The molecule has 1 atom stereocenters. The molecule has 1 aliphatic heterocycles. The zero-order valence-electron chi connectivity index (χ0n) is 19.3. The van der Waals surface area contributed by atoms with Gasteiger partial charge in [-0.15, -0.1) is 0 Å². The van der Waals surface area contributed by atoms with E-state index in [2.05, 4.69) is 26.8 Å². The Bertz CT molecular complexity index is 1450. The fourth-order valence-electron chi connectivity index (χ4n) is 3.93. The minimum Gasteiger partial charge on any atom is -0.384 e. The second kappa shape index (κ2) is 10.0. The molecule has 3 heterocycles. The lowest BCUT2D eigenvalue weighted by Gasteiger charge is -2.24. The minimum absolute atomic E-state index is 0.0305. The summed E-state index contributed by atoms with van der Waals surface area (Å²) in [4.78, 5) is 27.4. The first-order valence-electron chi connectivity index (χ1n) is 11.0. The molecule has 0 radical (unpaired) electrons. The van der Waals surface area contributed by atoms with Crippen molar-refractivity contribution in [1.29, 1.82) is 0 Å². The lowest BCUT2D eigenvalue weighted by molar-refractivity contribution is 0.0748. The van der Waals surface area contributed by atoms with Gasteiger partial charge in [-0.2, -0.15) is 0 Å². The number of rotatable bonds is 4. The molecule has 1 aromatic carbocycles. The first-order valence-corrected chi connectivity index (χ1v) is 13.2. The van der Waals surface area contributed by atoms with Crippen LogP contribution in [0, 0.1) is 11.8 Å². The van der Waals surface area contributed by atoms with Crippen molar-refractivity contribution in [1.82, 2.24) is 19.9 Å². The lowest BCUT2D eigenvalue weighted by Crippen LogP contribution is -2.37. The number of pyridine rings is 1. The number of benzene rings is 1. The molecule has 1 aliphatic rings. The maximum absolute atomic E-state index is 13.0. The van der Waals surface area contributed by atoms with Gasteiger partial charge in [0.1, 0.15) is 12.1 Å². The van der Waals surface area contributed by atoms with Crippen molar-refractivity contribution in [2.45, 2.75) is 25.8 Å². The van der Waals surface area contributed by atoms with Crippen LogP contribution in [0.25, 0.3) is 11.3 Å². The summed E-state index contributed by atoms with van der Waals surface area (Å²) in [5, 5.41) is 0.249. The summed E-state index contributed by atoms with van der Waals surface area (Å²) in [5.41, 5.74) is 9.38. The summed E-state index contributed by atoms with van der Waals surface area (Å²) < 4.78 is 23.6. The number of hydrogen-bond acceptors (Lipinski definition) is 7. The molecule has 1 amide bonds. The summed E-state index contributed by atoms with van der Waals surface area (Å²) in [7, 11) is -1.51. The van der Waals surface area contributed by atoms with Gasteiger partial charge in [0.05, 0.1) is 39.0 Å². The maximum Gasteiger partial charge on any atom is 0.255 e. The van der Waals surface area contributed by atoms with Gasteiger partial charge in [-0.05, 0) is 37.1 Å². The van der Waals surface area contributed by atoms with Gasteiger partial charge in [0.15, 0.2) is 9.84 Å². The van der Waals surface area contributed by atoms with Crippen molar-refractivity contribution in [2.24, 2.45) is 0 Å². The molecule has 2 aromatic heterocycles. The highest BCUT2D eigenvalue weighted by Crippen LogP contribution is 2.29. The van der Waals surface area contributed by atoms with Crippen LogP contribution < -0.4 is 5.73 Å². The van der Waals surface area contributed by atoms with Crippen LogP contribution in [0.5, 0.6) is 0 Å². The monoisotopic (exact) mass is 509 g/mol. The predicted molar refractivity (Wildman–Crippen MR) is 136 cm³/mol. The number of nitrogens with zero attached hydrogens (tertiary/aromatic N) is 4. The number of nitrogen functional groups attached to an aromatic ring is 1. The summed E-state index contributed by atoms with van der Waals surface area (Å²) in [6, 6.07) is 8.17. The molecule has 4 rings (SSSR count). The first-order chi connectivity index (χ1) is 16.7. The minimum atomic E-state index is -3.11. The molecule has 0 bridgehead atoms. The number of nitrogens with two attached hydrogens (primary N) is 1. The Morgan fingerprint density at radius 2 is 2.00 bits per heavy atom. The standard InChI is InChI=1S/C25H24ClN5O3S/c1-3-22-20(7-4-16-5-9-23(27)28-13-16)24(30-15-29-22)17-6-8-19(21(26)12-17)25(32)31(2)18-10-11-35(33,34)14-18/h5-6,8-9,12-13,15,18H,3,10-11,14H2,1-2H3,(H2,27,28). The number of carbonyl (C=O) groups excluding carboxylic acids is 1. The van der Waals surface area contributed by atoms with E-state index < -0.39 is 9.84 Å². The topological polar surface area (TPSA) is 119 Å². The highest BCUT2D eigenvalue weighted by Gasteiger charge is 2.33. The van der Waals surface area contributed by atoms with Crippen LogP contribution in [-0.2, 0) is 16.3 Å². The van der Waals surface area contributed by atoms with Crippen molar-refractivity contribution in [2.75, 3.05) is 24.3 Å². The van der Waals surface area contributed by atoms with Gasteiger partial charge in [0.2, 0.25) is 0 Å². The number of sulfone groups is 1. The van der Waals surface area contributed by atoms with Crippen molar-refractivity contribution in [3.8, 4) is 23.1 Å². The molecule has 2 N–H and O–H groups in total. The Labute approximate surface area is 209 Å². The van der Waals surface area contributed by atoms with Crippen LogP contribution in [0.15, 0.2) is 42.9 Å². The molecular weight excluding hydrogens is 486 g/mol. The van der Waals surface area contributed by atoms with Crippen LogP contribution in [-0.4, -0.2) is 58.8 Å². The molecule has 35 heavy (non-hydrogen) atoms. The summed E-state index contributed by atoms with van der Waals surface area (Å²) >= 11 is 6.53. The number of carbonyl (C=O) groups is 1. The van der Waals surface area contributed by atoms with Gasteiger partial charge in [0.25, 0.3) is 5.91 Å². The van der Waals surface area contributed by atoms with Gasteiger partial charge in [-0.3, -0.25) is 4.79 Å². The maximum atomic E-state index is 13.0. The van der Waals surface area contributed by atoms with E-state index >= 15 is 0 Å². The molecule has 180 valence electrons. The number of hydrogen-bond donors (Lipinski definition) is 1. The van der Waals surface area contributed by atoms with E-state index in [0.717, 1.165) is 5.69 Å². The molecule has 0 aliphatic carbocycles. The van der Waals surface area contributed by atoms with E-state index in [1.807, 2.05) is 6.92 Å². The molecule has 0 spiro atoms. The Balaban J connectivity index is 1.67. The predicted octanol–water partition coefficient (Wildman–Crippen LogP) is 3.00. The molecule has 3 aromatic rings. The molecule has 10 heteroatoms. The van der Waals surface area contributed by atoms with E-state index in [-0.39, 0.29) is 28.5 Å². The summed E-state index contributed by atoms with van der Waals surface area (Å²) in [6.07, 6.45) is 4.15. The van der Waals surface area contributed by atoms with E-state index in [9.17, 15) is 13.2 Å². The average molecular weight is 510 g/mol. The number of amides is 1. The zero-order valence-corrected chi connectivity index (χ0v) is 20.9. The second-order valence-electron chi connectivity index (χ2n) is 8.29. The Morgan fingerprint density at radius 1 is 1.20 bits per heavy atom. The van der Waals surface area contributed by atoms with Crippen molar-refractivity contribution in [3.05, 3.63) is 70.3 Å². The van der Waals surface area contributed by atoms with Gasteiger partial charge in [-0.1, -0.05) is 36.4 Å². The van der Waals surface area contributed by atoms with E-state index in [1.54, 1.807) is 43.6 Å². The Morgan fingerprint density at radius 3 is 2.63 bits per heavy atom. The number of halogens is 1. The van der Waals surface area contributed by atoms with Gasteiger partial charge < -0.3 is 10.6 Å². The molecule has 0 saturated carbocycles. The van der Waals surface area contributed by atoms with Crippen LogP contribution in [0.2, 0.25) is 5.02 Å². The summed E-state index contributed by atoms with van der Waals surface area (Å²) in [5.74, 6) is 6.39. The fourth-order valence-corrected chi connectivity index (χ4v) is 5.96. The first kappa shape index (κ1) is 24.6. The third-order valence-electron chi connectivity index (χ3n) is 5.93. The van der Waals surface area contributed by atoms with Crippen LogP contribution in [0.3, 0.4) is 0 Å². The van der Waals surface area contributed by atoms with Crippen molar-refractivity contribution < 1.29 is 13.2 Å². The van der Waals surface area contributed by atoms with Crippen molar-refractivity contribution in [3.63, 3.8) is 0 Å². The van der Waals surface area contributed by atoms with E-state index in [0.29, 0.717) is 46.6 Å². The molecule has 8 nitrogen and oxygen atoms in total. The third kappa shape index (κ3) is 5.45. The van der Waals surface area contributed by atoms with Gasteiger partial charge in [-0.25, -0.2) is 23.4 Å². The SMILES string of the molecule is CCc1ncnc(-c2ccc(C(=O)N(C)C3CCS(=O)(=O)C3)c(Cl)c2)c1C#Cc1ccc(N)nc1. The zero-order chi connectivity index (χ0) is 25.2. The molecular formula is C25H24ClN5O3S. The van der Waals surface area contributed by atoms with Gasteiger partial charge in [0, 0.05) is 30.4 Å². The fraction of sp³-hybridized carbons (Fsp3) is 0.280. The van der Waals surface area contributed by atoms with Gasteiger partial charge >= 0.3 is 0 Å². The third-order valence-corrected chi connectivity index (χ3v) is 7.99. The molecule has 1 saturated heterocycles. The summed E-state index contributed by atoms with van der Waals surface area (Å²) in [6.45, 7) is 1.98. The van der Waals surface area contributed by atoms with E-state index in [4.69, 9.17) is 17.3 Å². The van der Waals surface area contributed by atoms with Crippen LogP contribution >= 0.6 is 11.6 Å². The Hall–Kier alpha value is -3.48. The second-order valence-corrected chi connectivity index (χ2v) is 10.9. The highest BCUT2D eigenvalue weighted by molar-refractivity contribution is 7.91. The number of aromatic nitrogens is 3. The quantitative estimate of drug-likeness (QED) is 0.537. The average Bonchev–Trinajstić information content (AvgIpc) is 3.22. The lowest BCUT2D eigenvalue weighted by atomic mass is 10.0. The molecule has 1 unspecified atom stereocenters. The van der Waals surface area contributed by atoms with Crippen LogP contribution in [0.4, 0.5) is 5.82 Å². The van der Waals surface area contributed by atoms with Crippen molar-refractivity contribution >= 4 is 33.2 Å². The normalized spacial score (nSPS) is 16.4. The highest BCUT2D eigenvalue weighted by atomic mass is 35.5. The van der Waals surface area contributed by atoms with E-state index in [1.165, 1.54) is 11.2 Å². The number of anilines is 1. The van der Waals surface area contributed by atoms with Crippen LogP contribution in [0.1, 0.15) is 40.5 Å². The smallest absolute Gasteiger partial charge is 0.255 e. The molecule has 1 fully saturated rings. The largest absolute Gasteiger partial charge is 0.384 e.